The Hall–Kier alpha value is -2.29. The molecule has 10 heteroatoms. The van der Waals surface area contributed by atoms with Crippen LogP contribution in [0.2, 0.25) is 10.0 Å². The van der Waals surface area contributed by atoms with Crippen LogP contribution in [-0.4, -0.2) is 50.5 Å². The predicted molar refractivity (Wildman–Crippen MR) is 147 cm³/mol. The standard InChI is InChI=1S/C26H35Cl2N3O4S/c1-18(2)16-29-26(33)20(4)30(17-21-10-6-7-11-23(21)28)25(32)14-9-15-31(36(5,34)35)24-13-8-12-22(27)19(24)3/h6-8,10-13,18,20H,9,14-17H2,1-5H3,(H,29,33)/t20-/m0/s1. The number of halogens is 2. The monoisotopic (exact) mass is 555 g/mol. The first-order valence-electron chi connectivity index (χ1n) is 11.9. The second kappa shape index (κ2) is 13.3. The third-order valence-corrected chi connectivity index (χ3v) is 7.77. The molecule has 7 nitrogen and oxygen atoms in total. The quantitative estimate of drug-likeness (QED) is 0.397. The molecular formula is C26H35Cl2N3O4S. The van der Waals surface area contributed by atoms with Crippen LogP contribution in [0.4, 0.5) is 5.69 Å². The fraction of sp³-hybridized carbons (Fsp3) is 0.462. The summed E-state index contributed by atoms with van der Waals surface area (Å²) in [5.74, 6) is -0.249. The Morgan fingerprint density at radius 3 is 2.25 bits per heavy atom. The number of sulfonamides is 1. The maximum absolute atomic E-state index is 13.3. The van der Waals surface area contributed by atoms with Gasteiger partial charge in [-0.25, -0.2) is 8.42 Å². The average Bonchev–Trinajstić information content (AvgIpc) is 2.80. The van der Waals surface area contributed by atoms with Gasteiger partial charge >= 0.3 is 0 Å². The minimum absolute atomic E-state index is 0.0535. The molecule has 198 valence electrons. The molecule has 0 bridgehead atoms. The van der Waals surface area contributed by atoms with Gasteiger partial charge in [0.15, 0.2) is 0 Å². The molecule has 0 aliphatic rings. The first-order chi connectivity index (χ1) is 16.8. The van der Waals surface area contributed by atoms with Gasteiger partial charge in [-0.15, -0.1) is 0 Å². The van der Waals surface area contributed by atoms with Gasteiger partial charge in [0.2, 0.25) is 21.8 Å². The molecule has 0 spiro atoms. The van der Waals surface area contributed by atoms with Crippen molar-refractivity contribution in [2.45, 2.75) is 53.1 Å². The van der Waals surface area contributed by atoms with Crippen molar-refractivity contribution < 1.29 is 18.0 Å². The van der Waals surface area contributed by atoms with E-state index in [0.29, 0.717) is 27.8 Å². The molecule has 0 fully saturated rings. The Labute approximate surface area is 224 Å². The topological polar surface area (TPSA) is 86.8 Å². The van der Waals surface area contributed by atoms with Crippen molar-refractivity contribution in [3.63, 3.8) is 0 Å². The third-order valence-electron chi connectivity index (χ3n) is 5.81. The largest absolute Gasteiger partial charge is 0.354 e. The molecule has 2 aromatic rings. The summed E-state index contributed by atoms with van der Waals surface area (Å²) in [5, 5.41) is 3.85. The summed E-state index contributed by atoms with van der Waals surface area (Å²) in [4.78, 5) is 27.6. The molecule has 0 aliphatic heterocycles. The number of carbonyl (C=O) groups is 2. The van der Waals surface area contributed by atoms with Crippen molar-refractivity contribution in [2.24, 2.45) is 5.92 Å². The van der Waals surface area contributed by atoms with E-state index in [1.807, 2.05) is 26.0 Å². The highest BCUT2D eigenvalue weighted by Crippen LogP contribution is 2.28. The Morgan fingerprint density at radius 1 is 1.00 bits per heavy atom. The van der Waals surface area contributed by atoms with Crippen molar-refractivity contribution in [1.82, 2.24) is 10.2 Å². The van der Waals surface area contributed by atoms with Crippen LogP contribution in [0.1, 0.15) is 44.7 Å². The maximum atomic E-state index is 13.3. The smallest absolute Gasteiger partial charge is 0.242 e. The van der Waals surface area contributed by atoms with Gasteiger partial charge in [-0.2, -0.15) is 0 Å². The van der Waals surface area contributed by atoms with E-state index in [0.717, 1.165) is 11.8 Å². The van der Waals surface area contributed by atoms with Gasteiger partial charge in [-0.3, -0.25) is 13.9 Å². The van der Waals surface area contributed by atoms with Gasteiger partial charge in [0.05, 0.1) is 11.9 Å². The molecule has 1 atom stereocenters. The van der Waals surface area contributed by atoms with Crippen LogP contribution in [0.3, 0.4) is 0 Å². The van der Waals surface area contributed by atoms with Crippen LogP contribution in [0, 0.1) is 12.8 Å². The lowest BCUT2D eigenvalue weighted by Crippen LogP contribution is -2.48. The van der Waals surface area contributed by atoms with Crippen LogP contribution in [0.15, 0.2) is 42.5 Å². The predicted octanol–water partition coefficient (Wildman–Crippen LogP) is 5.04. The Kier molecular flexibility index (Phi) is 11.1. The Morgan fingerprint density at radius 2 is 1.64 bits per heavy atom. The molecule has 36 heavy (non-hydrogen) atoms. The lowest BCUT2D eigenvalue weighted by Gasteiger charge is -2.30. The van der Waals surface area contributed by atoms with Crippen molar-refractivity contribution in [2.75, 3.05) is 23.7 Å². The van der Waals surface area contributed by atoms with E-state index in [1.165, 1.54) is 9.21 Å². The molecule has 2 aromatic carbocycles. The first kappa shape index (κ1) is 29.9. The molecule has 2 rings (SSSR count). The molecule has 0 aliphatic carbocycles. The van der Waals surface area contributed by atoms with Crippen LogP contribution >= 0.6 is 23.2 Å². The van der Waals surface area contributed by atoms with E-state index in [2.05, 4.69) is 5.32 Å². The van der Waals surface area contributed by atoms with Gasteiger partial charge in [0.25, 0.3) is 0 Å². The number of hydrogen-bond acceptors (Lipinski definition) is 4. The van der Waals surface area contributed by atoms with Crippen LogP contribution in [-0.2, 0) is 26.2 Å². The summed E-state index contributed by atoms with van der Waals surface area (Å²) in [5.41, 5.74) is 1.85. The van der Waals surface area contributed by atoms with Crippen LogP contribution in [0.5, 0.6) is 0 Å². The summed E-state index contributed by atoms with van der Waals surface area (Å²) < 4.78 is 26.3. The number of nitrogens with one attached hydrogen (secondary N) is 1. The van der Waals surface area contributed by atoms with Crippen molar-refractivity contribution in [1.29, 1.82) is 0 Å². The molecule has 0 aromatic heterocycles. The SMILES string of the molecule is Cc1c(Cl)cccc1N(CCCC(=O)N(Cc1ccccc1Cl)[C@@H](C)C(=O)NCC(C)C)S(C)(=O)=O. The van der Waals surface area contributed by atoms with E-state index in [9.17, 15) is 18.0 Å². The molecule has 0 saturated heterocycles. The van der Waals surface area contributed by atoms with Crippen LogP contribution < -0.4 is 9.62 Å². The zero-order chi connectivity index (χ0) is 27.0. The van der Waals surface area contributed by atoms with Crippen molar-refractivity contribution in [3.8, 4) is 0 Å². The summed E-state index contributed by atoms with van der Waals surface area (Å²) in [6.45, 7) is 8.18. The minimum Gasteiger partial charge on any atom is -0.354 e. The van der Waals surface area contributed by atoms with E-state index in [1.54, 1.807) is 44.2 Å². The summed E-state index contributed by atoms with van der Waals surface area (Å²) in [7, 11) is -3.61. The van der Waals surface area contributed by atoms with E-state index in [-0.39, 0.29) is 43.7 Å². The molecule has 2 amide bonds. The third kappa shape index (κ3) is 8.39. The molecular weight excluding hydrogens is 521 g/mol. The fourth-order valence-corrected chi connectivity index (χ4v) is 5.07. The zero-order valence-electron chi connectivity index (χ0n) is 21.4. The molecule has 0 heterocycles. The Bertz CT molecular complexity index is 1170. The summed E-state index contributed by atoms with van der Waals surface area (Å²) >= 11 is 12.5. The van der Waals surface area contributed by atoms with E-state index in [4.69, 9.17) is 23.2 Å². The number of anilines is 1. The zero-order valence-corrected chi connectivity index (χ0v) is 23.8. The minimum atomic E-state index is -3.61. The first-order valence-corrected chi connectivity index (χ1v) is 14.5. The van der Waals surface area contributed by atoms with E-state index < -0.39 is 16.1 Å². The number of benzene rings is 2. The molecule has 0 radical (unpaired) electrons. The number of amides is 2. The number of hydrogen-bond donors (Lipinski definition) is 1. The van der Waals surface area contributed by atoms with Crippen molar-refractivity contribution >= 4 is 50.7 Å². The lowest BCUT2D eigenvalue weighted by molar-refractivity contribution is -0.140. The van der Waals surface area contributed by atoms with Gasteiger partial charge < -0.3 is 10.2 Å². The normalized spacial score (nSPS) is 12.3. The molecule has 0 unspecified atom stereocenters. The van der Waals surface area contributed by atoms with Crippen LogP contribution in [0.25, 0.3) is 0 Å². The maximum Gasteiger partial charge on any atom is 0.242 e. The molecule has 1 N–H and O–H groups in total. The molecule has 0 saturated carbocycles. The van der Waals surface area contributed by atoms with Gasteiger partial charge in [0, 0.05) is 36.1 Å². The van der Waals surface area contributed by atoms with Gasteiger partial charge in [0.1, 0.15) is 6.04 Å². The lowest BCUT2D eigenvalue weighted by atomic mass is 10.1. The highest BCUT2D eigenvalue weighted by molar-refractivity contribution is 7.92. The van der Waals surface area contributed by atoms with Gasteiger partial charge in [-0.1, -0.05) is 61.3 Å². The van der Waals surface area contributed by atoms with Gasteiger partial charge in [-0.05, 0) is 55.5 Å². The Balaban J connectivity index is 2.21. The summed E-state index contributed by atoms with van der Waals surface area (Å²) in [6.07, 6.45) is 1.44. The number of rotatable bonds is 12. The summed E-state index contributed by atoms with van der Waals surface area (Å²) in [6, 6.07) is 11.5. The average molecular weight is 557 g/mol. The second-order valence-corrected chi connectivity index (χ2v) is 12.0. The highest BCUT2D eigenvalue weighted by atomic mass is 35.5. The number of nitrogens with zero attached hydrogens (tertiary/aromatic N) is 2. The van der Waals surface area contributed by atoms with E-state index >= 15 is 0 Å². The van der Waals surface area contributed by atoms with Crippen molar-refractivity contribution in [3.05, 3.63) is 63.6 Å². The second-order valence-electron chi connectivity index (χ2n) is 9.25. The number of carbonyl (C=O) groups excluding carboxylic acids is 2. The highest BCUT2D eigenvalue weighted by Gasteiger charge is 2.27. The fourth-order valence-electron chi connectivity index (χ4n) is 3.69.